The predicted molar refractivity (Wildman–Crippen MR) is 96.1 cm³/mol. The Balaban J connectivity index is 2.01. The Morgan fingerprint density at radius 3 is 2.30 bits per heavy atom. The lowest BCUT2D eigenvalue weighted by atomic mass is 9.98. The van der Waals surface area contributed by atoms with Gasteiger partial charge in [-0.3, -0.25) is 4.90 Å². The smallest absolute Gasteiger partial charge is 0.123 e. The summed E-state index contributed by atoms with van der Waals surface area (Å²) in [5, 5.41) is 0. The van der Waals surface area contributed by atoms with Crippen molar-refractivity contribution < 1.29 is 4.39 Å². The number of halogens is 1. The molecule has 0 fully saturated rings. The summed E-state index contributed by atoms with van der Waals surface area (Å²) in [6.07, 6.45) is 5.87. The molecule has 0 aliphatic heterocycles. The van der Waals surface area contributed by atoms with E-state index in [2.05, 4.69) is 49.2 Å². The highest BCUT2D eigenvalue weighted by Crippen LogP contribution is 2.26. The third-order valence-corrected chi connectivity index (χ3v) is 4.46. The van der Waals surface area contributed by atoms with Gasteiger partial charge in [0, 0.05) is 12.6 Å². The van der Waals surface area contributed by atoms with Gasteiger partial charge in [0.25, 0.3) is 0 Å². The van der Waals surface area contributed by atoms with Gasteiger partial charge in [-0.1, -0.05) is 68.7 Å². The van der Waals surface area contributed by atoms with Gasteiger partial charge in [0.15, 0.2) is 0 Å². The normalized spacial score (nSPS) is 12.5. The largest absolute Gasteiger partial charge is 0.299 e. The van der Waals surface area contributed by atoms with E-state index >= 15 is 0 Å². The van der Waals surface area contributed by atoms with E-state index in [4.69, 9.17) is 0 Å². The van der Waals surface area contributed by atoms with Crippen LogP contribution in [0.25, 0.3) is 0 Å². The quantitative estimate of drug-likeness (QED) is 0.543. The molecule has 2 rings (SSSR count). The maximum Gasteiger partial charge on any atom is 0.123 e. The zero-order valence-corrected chi connectivity index (χ0v) is 14.3. The highest BCUT2D eigenvalue weighted by molar-refractivity contribution is 5.20. The molecule has 1 atom stereocenters. The average molecular weight is 313 g/mol. The zero-order valence-electron chi connectivity index (χ0n) is 14.3. The lowest BCUT2D eigenvalue weighted by molar-refractivity contribution is 0.231. The SMILES string of the molecule is CCCCCC(c1ccc(F)cc1)N(C)CCc1ccccc1. The van der Waals surface area contributed by atoms with Gasteiger partial charge in [-0.05, 0) is 43.1 Å². The van der Waals surface area contributed by atoms with Crippen molar-refractivity contribution >= 4 is 0 Å². The second-order valence-corrected chi connectivity index (χ2v) is 6.28. The van der Waals surface area contributed by atoms with Crippen molar-refractivity contribution in [2.75, 3.05) is 13.6 Å². The Kier molecular flexibility index (Phi) is 7.28. The number of rotatable bonds is 9. The van der Waals surface area contributed by atoms with Crippen LogP contribution in [0.15, 0.2) is 54.6 Å². The van der Waals surface area contributed by atoms with Crippen molar-refractivity contribution in [3.05, 3.63) is 71.5 Å². The highest BCUT2D eigenvalue weighted by Gasteiger charge is 2.16. The average Bonchev–Trinajstić information content (AvgIpc) is 2.59. The van der Waals surface area contributed by atoms with Crippen LogP contribution in [0.1, 0.15) is 49.8 Å². The summed E-state index contributed by atoms with van der Waals surface area (Å²) in [6.45, 7) is 3.24. The maximum absolute atomic E-state index is 13.2. The molecule has 1 unspecified atom stereocenters. The monoisotopic (exact) mass is 313 g/mol. The second-order valence-electron chi connectivity index (χ2n) is 6.28. The third-order valence-electron chi connectivity index (χ3n) is 4.46. The molecular weight excluding hydrogens is 285 g/mol. The molecule has 0 spiro atoms. The van der Waals surface area contributed by atoms with Crippen molar-refractivity contribution in [2.45, 2.75) is 45.1 Å². The molecule has 2 aromatic carbocycles. The van der Waals surface area contributed by atoms with Gasteiger partial charge in [-0.2, -0.15) is 0 Å². The first-order chi connectivity index (χ1) is 11.2. The predicted octanol–water partition coefficient (Wildman–Crippen LogP) is 5.62. The lowest BCUT2D eigenvalue weighted by Gasteiger charge is -2.29. The van der Waals surface area contributed by atoms with Crippen LogP contribution in [0.3, 0.4) is 0 Å². The van der Waals surface area contributed by atoms with E-state index in [-0.39, 0.29) is 5.82 Å². The molecule has 23 heavy (non-hydrogen) atoms. The summed E-state index contributed by atoms with van der Waals surface area (Å²) in [4.78, 5) is 2.41. The molecule has 124 valence electrons. The lowest BCUT2D eigenvalue weighted by Crippen LogP contribution is -2.27. The summed E-state index contributed by atoms with van der Waals surface area (Å²) in [5.41, 5.74) is 2.59. The molecule has 0 N–H and O–H groups in total. The Bertz CT molecular complexity index is 550. The zero-order chi connectivity index (χ0) is 16.5. The number of unbranched alkanes of at least 4 members (excludes halogenated alkanes) is 2. The number of nitrogens with zero attached hydrogens (tertiary/aromatic N) is 1. The summed E-state index contributed by atoms with van der Waals surface area (Å²) in [5.74, 6) is -0.159. The van der Waals surface area contributed by atoms with E-state index in [1.165, 1.54) is 30.4 Å². The first-order valence-electron chi connectivity index (χ1n) is 8.70. The highest BCUT2D eigenvalue weighted by atomic mass is 19.1. The van der Waals surface area contributed by atoms with Gasteiger partial charge in [0.05, 0.1) is 0 Å². The van der Waals surface area contributed by atoms with Crippen LogP contribution >= 0.6 is 0 Å². The van der Waals surface area contributed by atoms with Gasteiger partial charge in [-0.15, -0.1) is 0 Å². The van der Waals surface area contributed by atoms with Gasteiger partial charge < -0.3 is 0 Å². The fraction of sp³-hybridized carbons (Fsp3) is 0.429. The van der Waals surface area contributed by atoms with Crippen molar-refractivity contribution in [1.29, 1.82) is 0 Å². The van der Waals surface area contributed by atoms with Crippen LogP contribution in [0.4, 0.5) is 4.39 Å². The molecule has 0 aliphatic carbocycles. The Morgan fingerprint density at radius 1 is 0.957 bits per heavy atom. The van der Waals surface area contributed by atoms with Crippen molar-refractivity contribution in [3.63, 3.8) is 0 Å². The molecule has 0 aromatic heterocycles. The first-order valence-corrected chi connectivity index (χ1v) is 8.70. The van der Waals surface area contributed by atoms with Gasteiger partial charge >= 0.3 is 0 Å². The van der Waals surface area contributed by atoms with Crippen LogP contribution in [-0.2, 0) is 6.42 Å². The number of hydrogen-bond donors (Lipinski definition) is 0. The van der Waals surface area contributed by atoms with Crippen molar-refractivity contribution in [3.8, 4) is 0 Å². The molecule has 0 amide bonds. The molecule has 0 heterocycles. The molecule has 0 bridgehead atoms. The van der Waals surface area contributed by atoms with Crippen LogP contribution in [0, 0.1) is 5.82 Å². The minimum absolute atomic E-state index is 0.159. The fourth-order valence-corrected chi connectivity index (χ4v) is 3.02. The van der Waals surface area contributed by atoms with Crippen LogP contribution in [0.2, 0.25) is 0 Å². The van der Waals surface area contributed by atoms with Crippen LogP contribution in [0.5, 0.6) is 0 Å². The van der Waals surface area contributed by atoms with Gasteiger partial charge in [0.2, 0.25) is 0 Å². The minimum Gasteiger partial charge on any atom is -0.299 e. The molecule has 1 nitrogen and oxygen atoms in total. The second kappa shape index (κ2) is 9.46. The van der Waals surface area contributed by atoms with E-state index in [9.17, 15) is 4.39 Å². The van der Waals surface area contributed by atoms with Crippen molar-refractivity contribution in [2.24, 2.45) is 0 Å². The molecule has 0 saturated heterocycles. The summed E-state index contributed by atoms with van der Waals surface area (Å²) in [7, 11) is 2.18. The Hall–Kier alpha value is -1.67. The maximum atomic E-state index is 13.2. The van der Waals surface area contributed by atoms with E-state index < -0.39 is 0 Å². The Labute approximate surface area is 140 Å². The van der Waals surface area contributed by atoms with E-state index in [1.54, 1.807) is 12.1 Å². The van der Waals surface area contributed by atoms with E-state index in [0.29, 0.717) is 6.04 Å². The summed E-state index contributed by atoms with van der Waals surface area (Å²) in [6, 6.07) is 18.0. The first kappa shape index (κ1) is 17.7. The number of hydrogen-bond acceptors (Lipinski definition) is 1. The minimum atomic E-state index is -0.159. The summed E-state index contributed by atoms with van der Waals surface area (Å²) < 4.78 is 13.2. The third kappa shape index (κ3) is 5.80. The van der Waals surface area contributed by atoms with E-state index in [1.807, 2.05) is 12.1 Å². The molecule has 2 aromatic rings. The van der Waals surface area contributed by atoms with Gasteiger partial charge in [-0.25, -0.2) is 4.39 Å². The number of likely N-dealkylation sites (N-methyl/N-ethyl adjacent to an activating group) is 1. The standard InChI is InChI=1S/C21H28FN/c1-3-4-6-11-21(19-12-14-20(22)15-13-19)23(2)17-16-18-9-7-5-8-10-18/h5,7-10,12-15,21H,3-4,6,11,16-17H2,1-2H3. The van der Waals surface area contributed by atoms with Crippen LogP contribution < -0.4 is 0 Å². The summed E-state index contributed by atoms with van der Waals surface area (Å²) >= 11 is 0. The van der Waals surface area contributed by atoms with Gasteiger partial charge in [0.1, 0.15) is 5.82 Å². The molecule has 0 saturated carbocycles. The van der Waals surface area contributed by atoms with Crippen LogP contribution in [-0.4, -0.2) is 18.5 Å². The number of benzene rings is 2. The topological polar surface area (TPSA) is 3.24 Å². The Morgan fingerprint density at radius 2 is 1.65 bits per heavy atom. The molecular formula is C21H28FN. The molecule has 0 aliphatic rings. The van der Waals surface area contributed by atoms with Crippen molar-refractivity contribution in [1.82, 2.24) is 4.90 Å². The molecule has 2 heteroatoms. The fourth-order valence-electron chi connectivity index (χ4n) is 3.02. The van der Waals surface area contributed by atoms with E-state index in [0.717, 1.165) is 19.4 Å². The molecule has 0 radical (unpaired) electrons.